The maximum atomic E-state index is 11.5. The van der Waals surface area contributed by atoms with E-state index in [0.29, 0.717) is 55.6 Å². The molecule has 10 aromatic carbocycles. The summed E-state index contributed by atoms with van der Waals surface area (Å²) in [6.07, 6.45) is 12.4. The first-order valence-electron chi connectivity index (χ1n) is 39.7. The lowest BCUT2D eigenvalue weighted by Gasteiger charge is -2.11. The van der Waals surface area contributed by atoms with Crippen molar-refractivity contribution in [2.24, 2.45) is 26.1 Å². The summed E-state index contributed by atoms with van der Waals surface area (Å²) < 4.78 is 5.40. The second-order valence-corrected chi connectivity index (χ2v) is 29.3. The van der Waals surface area contributed by atoms with Crippen LogP contribution < -0.4 is 115 Å². The van der Waals surface area contributed by atoms with Crippen molar-refractivity contribution in [2.45, 2.75) is 46.3 Å². The number of amidine groups is 1. The first-order chi connectivity index (χ1) is 65.5. The minimum Gasteiger partial charge on any atom is -1.00 e. The molecule has 3 heterocycles. The number of nitrogens with one attached hydrogen (secondary N) is 6. The third kappa shape index (κ3) is 32.2. The van der Waals surface area contributed by atoms with E-state index in [1.54, 1.807) is 29.1 Å². The Balaban J connectivity index is 0.000000286. The van der Waals surface area contributed by atoms with Crippen LogP contribution in [0.5, 0.6) is 0 Å². The van der Waals surface area contributed by atoms with Crippen molar-refractivity contribution in [1.82, 2.24) is 4.57 Å². The van der Waals surface area contributed by atoms with Crippen molar-refractivity contribution < 1.29 is 141 Å². The fourth-order valence-corrected chi connectivity index (χ4v) is 13.0. The summed E-state index contributed by atoms with van der Waals surface area (Å²) in [4.78, 5) is 129. The molecule has 726 valence electrons. The molecule has 3 aromatic heterocycles. The molecular formula is C86H73Br4N26O24S-. The molecule has 0 fully saturated rings. The van der Waals surface area contributed by atoms with Gasteiger partial charge in [-0.2, -0.15) is 29.5 Å². The number of aromatic nitrogens is 3. The highest BCUT2D eigenvalue weighted by atomic mass is 79.9. The summed E-state index contributed by atoms with van der Waals surface area (Å²) in [6.45, 7) is 4.74. The van der Waals surface area contributed by atoms with Gasteiger partial charge in [-0.3, -0.25) is 149 Å². The topological polar surface area (TPSA) is 692 Å². The molecule has 0 saturated heterocycles. The van der Waals surface area contributed by atoms with Gasteiger partial charge in [0.15, 0.2) is 37.9 Å². The number of hydrogen-bond donors (Lipinski definition) is 7. The molecule has 55 heteroatoms. The van der Waals surface area contributed by atoms with Gasteiger partial charge in [-0.15, -0.1) is 0 Å². The van der Waals surface area contributed by atoms with Crippen LogP contribution in [0.15, 0.2) is 306 Å². The minimum absolute atomic E-state index is 0. The maximum Gasteiger partial charge on any atom is 0.307 e. The molecule has 0 aliphatic heterocycles. The zero-order chi connectivity index (χ0) is 99.1. The Hall–Kier alpha value is -17.9. The van der Waals surface area contributed by atoms with Crippen LogP contribution in [0.25, 0.3) is 10.8 Å². The maximum absolute atomic E-state index is 11.5. The van der Waals surface area contributed by atoms with E-state index in [0.717, 1.165) is 89.0 Å². The molecule has 0 atom stereocenters. The van der Waals surface area contributed by atoms with Crippen LogP contribution in [0, 0.1) is 127 Å². The third-order valence-electron chi connectivity index (χ3n) is 19.4. The first-order valence-corrected chi connectivity index (χ1v) is 40.7. The van der Waals surface area contributed by atoms with Gasteiger partial charge in [-0.1, -0.05) is 50.2 Å². The number of nitrogens with two attached hydrogens (primary N) is 1. The lowest BCUT2D eigenvalue weighted by atomic mass is 10.1. The molecule has 13 aromatic rings. The molecule has 0 unspecified atom stereocenters. The predicted molar refractivity (Wildman–Crippen MR) is 501 cm³/mol. The number of nitrogens with zero attached hydrogens (tertiary/aromatic N) is 19. The number of halogens is 4. The second-order valence-electron chi connectivity index (χ2n) is 28.3. The van der Waals surface area contributed by atoms with Gasteiger partial charge >= 0.3 is 27.9 Å². The van der Waals surface area contributed by atoms with Crippen LogP contribution >= 0.6 is 11.8 Å². The Morgan fingerprint density at radius 3 is 1.03 bits per heavy atom. The van der Waals surface area contributed by atoms with Gasteiger partial charge in [0.2, 0.25) is 0 Å². The summed E-state index contributed by atoms with van der Waals surface area (Å²) in [6, 6.07) is 59.7. The van der Waals surface area contributed by atoms with Crippen LogP contribution in [-0.2, 0) is 32.5 Å². The average molecular weight is 2210 g/mol. The smallest absolute Gasteiger partial charge is 0.307 e. The monoisotopic (exact) mass is 2200 g/mol. The summed E-state index contributed by atoms with van der Waals surface area (Å²) >= 11 is 1.20. The van der Waals surface area contributed by atoms with Gasteiger partial charge in [0.05, 0.1) is 112 Å². The molecule has 0 bridgehead atoms. The van der Waals surface area contributed by atoms with Crippen molar-refractivity contribution in [3.63, 3.8) is 0 Å². The van der Waals surface area contributed by atoms with Crippen LogP contribution in [0.3, 0.4) is 0 Å². The Morgan fingerprint density at radius 1 is 0.355 bits per heavy atom. The normalized spacial score (nSPS) is 11.0. The minimum atomic E-state index is -0.766. The molecule has 13 rings (SSSR count). The van der Waals surface area contributed by atoms with E-state index in [2.05, 4.69) is 47.1 Å². The summed E-state index contributed by atoms with van der Waals surface area (Å²) in [5, 5.41) is 161. The molecule has 0 aliphatic rings. The van der Waals surface area contributed by atoms with Gasteiger partial charge in [-0.05, 0) is 138 Å². The highest BCUT2D eigenvalue weighted by Gasteiger charge is 2.27. The van der Waals surface area contributed by atoms with E-state index in [1.165, 1.54) is 133 Å². The van der Waals surface area contributed by atoms with Gasteiger partial charge < -0.3 is 77.9 Å². The van der Waals surface area contributed by atoms with Crippen LogP contribution in [-0.4, -0.2) is 97.4 Å². The van der Waals surface area contributed by atoms with E-state index in [9.17, 15) is 121 Å². The standard InChI is InChI=1S/C25H19N7O6S.2C21H19N6O6.C19H15N7O6.4BrH/c26-25(27-21-7-3-5-16-4-1-2-6-20(16)21)39-15-23(17-8-10-18(11-9-17)30(33)34)29-28-22-13-12-19(31(35)36)14-24(22)32(37)38;1-2-15-9-11-24(12-10-15)14-20(16-3-5-17(6-4-16)25(28)29)23-22-19-8-7-18(26(30)31)13-21(19)27(32)33;1-2-15-4-3-11-24(13-15)14-20(16-5-7-17(8-6-16)25(28)29)23-22-19-10-9-18(26(30)31)12-21(19)27(32)33;20-14-7-9-23(10-8-14)12-18(13-1-3-15(4-2-13)24(27)28)22-21-17-6-5-16(25(29)30)11-19(17)26(31)32;;;;/h1-14,28H,15H2,(H2,26,27);2*3-13,22H,2,14H2,1H3;1-11,20-21H,12H2;4*1H/q;2*+1;;;;;/p-3/b29-23+;2*23-20+;22-18+;;;;. The lowest BCUT2D eigenvalue weighted by Crippen LogP contribution is -3.00. The van der Waals surface area contributed by atoms with Crippen molar-refractivity contribution >= 4 is 147 Å². The Labute approximate surface area is 838 Å². The number of rotatable bonds is 35. The molecular weight excluding hydrogens is 2130 g/mol. The van der Waals surface area contributed by atoms with E-state index in [1.807, 2.05) is 114 Å². The second kappa shape index (κ2) is 53.4. The van der Waals surface area contributed by atoms with Crippen molar-refractivity contribution in [3.8, 4) is 0 Å². The van der Waals surface area contributed by atoms with E-state index < -0.39 is 105 Å². The Kier molecular flexibility index (Phi) is 42.4. The third-order valence-corrected chi connectivity index (χ3v) is 20.3. The zero-order valence-electron chi connectivity index (χ0n) is 72.7. The molecule has 0 saturated carbocycles. The molecule has 0 amide bonds. The number of nitro groups is 12. The summed E-state index contributed by atoms with van der Waals surface area (Å²) in [7, 11) is 0. The molecule has 8 N–H and O–H groups in total. The molecule has 0 radical (unpaired) electrons. The van der Waals surface area contributed by atoms with Crippen molar-refractivity contribution in [2.75, 3.05) is 27.5 Å². The van der Waals surface area contributed by atoms with E-state index in [4.69, 9.17) is 11.1 Å². The highest BCUT2D eigenvalue weighted by Crippen LogP contribution is 2.34. The fourth-order valence-electron chi connectivity index (χ4n) is 12.3. The number of benzene rings is 10. The Morgan fingerprint density at radius 2 is 0.674 bits per heavy atom. The molecule has 141 heavy (non-hydrogen) atoms. The molecule has 0 aliphatic carbocycles. The summed E-state index contributed by atoms with van der Waals surface area (Å²) in [5.41, 5.74) is 19.0. The van der Waals surface area contributed by atoms with Crippen LogP contribution in [0.1, 0.15) is 47.2 Å². The zero-order valence-corrected chi connectivity index (χ0v) is 79.8. The number of nitro benzene ring substituents is 12. The predicted octanol–water partition coefficient (Wildman–Crippen LogP) is 2.62. The number of hydrazone groups is 4. The van der Waals surface area contributed by atoms with E-state index in [-0.39, 0.29) is 139 Å². The largest absolute Gasteiger partial charge is 1.00 e. The average Bonchev–Trinajstić information content (AvgIpc) is 0.832. The van der Waals surface area contributed by atoms with E-state index >= 15 is 0 Å². The van der Waals surface area contributed by atoms with Gasteiger partial charge in [-0.25, -0.2) is 4.99 Å². The number of hydrogen-bond acceptors (Lipinski definition) is 34. The van der Waals surface area contributed by atoms with Crippen LogP contribution in [0.2, 0.25) is 0 Å². The van der Waals surface area contributed by atoms with Crippen LogP contribution in [0.4, 0.5) is 96.7 Å². The number of pyridine rings is 3. The van der Waals surface area contributed by atoms with Crippen molar-refractivity contribution in [1.29, 1.82) is 5.41 Å². The quantitative estimate of drug-likeness (QED) is 0.00986. The van der Waals surface area contributed by atoms with Gasteiger partial charge in [0.1, 0.15) is 39.9 Å². The van der Waals surface area contributed by atoms with Crippen molar-refractivity contribution in [3.05, 3.63) is 446 Å². The number of aryl methyl sites for hydroxylation is 2. The fraction of sp³-hybridized carbons (Fsp3) is 0.0930. The molecule has 0 spiro atoms. The number of anilines is 4. The van der Waals surface area contributed by atoms with Gasteiger partial charge in [0.25, 0.3) is 45.5 Å². The molecule has 50 nitrogen and oxygen atoms in total. The highest BCUT2D eigenvalue weighted by molar-refractivity contribution is 8.14. The number of thioether (sulfide) groups is 1. The number of non-ortho nitro benzene ring substituents is 8. The number of fused-ring (bicyclic) bond motifs is 1. The Bertz CT molecular complexity index is 7060. The lowest BCUT2D eigenvalue weighted by molar-refractivity contribution is -0.682. The SMILES string of the molecule is CCc1cc[n+](C/C(=N\Nc2ccc([N+](=O)[O-])cc2[N+](=O)[O-])c2ccc([N+](=O)[O-])cc2)cc1.CCc1ccc[n+](C/C(=N\Nc2ccc([N+](=O)[O-])cc2[N+](=O)[O-])c2ccc([N+](=O)[O-])cc2)c1.N=c1ccn(C/C(=N\Nc2ccc([N+](=O)[O-])cc2[N+](=O)[O-])c2ccc([N+](=O)[O-])cc2)cc1.NC(=[NH+]c1cccc2ccccc12)SC/C(=N\Nc1ccc([N+](=O)[O-])cc1[N+](=O)[O-])c1ccc([N+](=O)[O-])cc1.[Br-].[Br-].[Br-].[Br-]. The van der Waals surface area contributed by atoms with Gasteiger partial charge in [0, 0.05) is 131 Å². The summed E-state index contributed by atoms with van der Waals surface area (Å²) in [5.74, 6) is 0.176. The first kappa shape index (κ1) is 112.